The van der Waals surface area contributed by atoms with Crippen molar-refractivity contribution in [1.82, 2.24) is 25.2 Å². The van der Waals surface area contributed by atoms with Gasteiger partial charge in [0, 0.05) is 18.5 Å². The first-order valence-corrected chi connectivity index (χ1v) is 11.1. The second-order valence-corrected chi connectivity index (χ2v) is 7.75. The number of nitrogens with zero attached hydrogens (tertiary/aromatic N) is 3. The maximum Gasteiger partial charge on any atom is 0.346 e. The molecule has 0 aliphatic carbocycles. The zero-order valence-electron chi connectivity index (χ0n) is 18.1. The Morgan fingerprint density at radius 3 is 2.65 bits per heavy atom. The first-order valence-electron chi connectivity index (χ1n) is 11.1. The van der Waals surface area contributed by atoms with Crippen molar-refractivity contribution in [3.63, 3.8) is 0 Å². The van der Waals surface area contributed by atoms with Gasteiger partial charge in [-0.3, -0.25) is 25.0 Å². The van der Waals surface area contributed by atoms with E-state index in [1.807, 2.05) is 0 Å². The van der Waals surface area contributed by atoms with Crippen molar-refractivity contribution >= 4 is 11.8 Å². The van der Waals surface area contributed by atoms with Crippen molar-refractivity contribution < 1.29 is 14.3 Å². The molecule has 0 unspecified atom stereocenters. The fraction of sp³-hybridized carbons (Fsp3) is 0.545. The van der Waals surface area contributed by atoms with Crippen LogP contribution in [0.3, 0.4) is 0 Å². The van der Waals surface area contributed by atoms with Gasteiger partial charge in [0.05, 0.1) is 6.61 Å². The second kappa shape index (κ2) is 11.3. The fourth-order valence-electron chi connectivity index (χ4n) is 3.52. The summed E-state index contributed by atoms with van der Waals surface area (Å²) in [4.78, 5) is 36.8. The van der Waals surface area contributed by atoms with E-state index in [2.05, 4.69) is 22.9 Å². The lowest BCUT2D eigenvalue weighted by Crippen LogP contribution is -2.44. The molecule has 1 aliphatic heterocycles. The number of aromatic nitrogens is 3. The normalized spacial score (nSPS) is 13.2. The number of nitrogens with one attached hydrogen (secondary N) is 2. The molecule has 168 valence electrons. The summed E-state index contributed by atoms with van der Waals surface area (Å²) in [5.74, 6) is 0.453. The number of carbonyl (C=O) groups excluding carboxylic acids is 2. The van der Waals surface area contributed by atoms with Crippen LogP contribution < -0.4 is 21.3 Å². The van der Waals surface area contributed by atoms with E-state index < -0.39 is 11.8 Å². The first kappa shape index (κ1) is 22.6. The minimum absolute atomic E-state index is 0.246. The summed E-state index contributed by atoms with van der Waals surface area (Å²) < 4.78 is 8.44. The largest absolute Gasteiger partial charge is 0.494 e. The van der Waals surface area contributed by atoms with Crippen molar-refractivity contribution in [3.8, 4) is 5.75 Å². The number of fused-ring (bicyclic) bond motifs is 1. The number of benzene rings is 1. The maximum absolute atomic E-state index is 12.4. The molecule has 0 saturated heterocycles. The number of carbonyl (C=O) groups is 2. The quantitative estimate of drug-likeness (QED) is 0.469. The highest BCUT2D eigenvalue weighted by Gasteiger charge is 2.17. The average molecular weight is 430 g/mol. The standard InChI is InChI=1S/C22H31N5O4/c1-2-3-4-8-15-31-18-12-10-17(11-13-18)21(29)24-23-20(28)16-27-22(30)26-14-7-5-6-9-19(26)25-27/h10-13H,2-9,14-16H2,1H3,(H,23,28)(H,24,29). The lowest BCUT2D eigenvalue weighted by atomic mass is 10.2. The second-order valence-electron chi connectivity index (χ2n) is 7.75. The molecule has 2 heterocycles. The minimum atomic E-state index is -0.518. The Bertz CT molecular complexity index is 932. The van der Waals surface area contributed by atoms with Crippen molar-refractivity contribution in [1.29, 1.82) is 0 Å². The Morgan fingerprint density at radius 2 is 1.87 bits per heavy atom. The molecular weight excluding hydrogens is 398 g/mol. The van der Waals surface area contributed by atoms with Gasteiger partial charge in [-0.1, -0.05) is 32.6 Å². The van der Waals surface area contributed by atoms with Crippen LogP contribution in [0.2, 0.25) is 0 Å². The minimum Gasteiger partial charge on any atom is -0.494 e. The van der Waals surface area contributed by atoms with Crippen LogP contribution in [0.15, 0.2) is 29.1 Å². The molecule has 31 heavy (non-hydrogen) atoms. The summed E-state index contributed by atoms with van der Waals surface area (Å²) in [5.41, 5.74) is 4.81. The number of unbranched alkanes of at least 4 members (excludes halogenated alkanes) is 3. The third-order valence-electron chi connectivity index (χ3n) is 5.27. The van der Waals surface area contributed by atoms with Crippen molar-refractivity contribution in [2.45, 2.75) is 71.4 Å². The molecule has 3 rings (SSSR count). The van der Waals surface area contributed by atoms with E-state index in [-0.39, 0.29) is 12.2 Å². The van der Waals surface area contributed by atoms with Crippen molar-refractivity contribution in [2.75, 3.05) is 6.61 Å². The Labute approximate surface area is 181 Å². The molecule has 1 aromatic heterocycles. The van der Waals surface area contributed by atoms with E-state index in [4.69, 9.17) is 4.74 Å². The molecule has 2 amide bonds. The molecule has 0 radical (unpaired) electrons. The van der Waals surface area contributed by atoms with Gasteiger partial charge in [0.25, 0.3) is 11.8 Å². The molecule has 0 fully saturated rings. The molecule has 0 atom stereocenters. The van der Waals surface area contributed by atoms with E-state index in [1.54, 1.807) is 28.8 Å². The van der Waals surface area contributed by atoms with Gasteiger partial charge in [0.1, 0.15) is 18.1 Å². The number of hydrazine groups is 1. The van der Waals surface area contributed by atoms with Gasteiger partial charge in [0.15, 0.2) is 0 Å². The van der Waals surface area contributed by atoms with Crippen molar-refractivity contribution in [2.24, 2.45) is 0 Å². The van der Waals surface area contributed by atoms with Crippen LogP contribution in [0.1, 0.15) is 68.1 Å². The monoisotopic (exact) mass is 429 g/mol. The lowest BCUT2D eigenvalue weighted by molar-refractivity contribution is -0.122. The Hall–Kier alpha value is -3.10. The van der Waals surface area contributed by atoms with E-state index in [0.717, 1.165) is 43.2 Å². The average Bonchev–Trinajstić information content (AvgIpc) is 2.93. The van der Waals surface area contributed by atoms with Gasteiger partial charge in [-0.2, -0.15) is 5.10 Å². The zero-order valence-corrected chi connectivity index (χ0v) is 18.1. The number of ether oxygens (including phenoxy) is 1. The maximum atomic E-state index is 12.4. The molecule has 9 heteroatoms. The Kier molecular flexibility index (Phi) is 8.26. The van der Waals surface area contributed by atoms with Crippen LogP contribution in [0, 0.1) is 0 Å². The molecule has 1 aliphatic rings. The molecule has 9 nitrogen and oxygen atoms in total. The van der Waals surface area contributed by atoms with Gasteiger partial charge in [0.2, 0.25) is 0 Å². The molecule has 2 N–H and O–H groups in total. The number of hydrogen-bond donors (Lipinski definition) is 2. The van der Waals surface area contributed by atoms with E-state index in [0.29, 0.717) is 30.3 Å². The van der Waals surface area contributed by atoms with E-state index in [1.165, 1.54) is 12.8 Å². The predicted molar refractivity (Wildman–Crippen MR) is 116 cm³/mol. The SMILES string of the molecule is CCCCCCOc1ccc(C(=O)NNC(=O)Cn2nc3n(c2=O)CCCCC3)cc1. The number of rotatable bonds is 9. The topological polar surface area (TPSA) is 107 Å². The van der Waals surface area contributed by atoms with Gasteiger partial charge in [-0.15, -0.1) is 0 Å². The predicted octanol–water partition coefficient (Wildman–Crippen LogP) is 2.19. The van der Waals surface area contributed by atoms with Crippen molar-refractivity contribution in [3.05, 3.63) is 46.1 Å². The Morgan fingerprint density at radius 1 is 1.06 bits per heavy atom. The lowest BCUT2D eigenvalue weighted by Gasteiger charge is -2.09. The van der Waals surface area contributed by atoms with Crippen LogP contribution in [0.25, 0.3) is 0 Å². The Balaban J connectivity index is 1.45. The van der Waals surface area contributed by atoms with Crippen LogP contribution in [0.5, 0.6) is 5.75 Å². The summed E-state index contributed by atoms with van der Waals surface area (Å²) in [6, 6.07) is 6.74. The highest BCUT2D eigenvalue weighted by molar-refractivity contribution is 5.95. The van der Waals surface area contributed by atoms with E-state index in [9.17, 15) is 14.4 Å². The first-order chi connectivity index (χ1) is 15.1. The summed E-state index contributed by atoms with van der Waals surface area (Å²) >= 11 is 0. The summed E-state index contributed by atoms with van der Waals surface area (Å²) in [7, 11) is 0. The fourth-order valence-corrected chi connectivity index (χ4v) is 3.52. The van der Waals surface area contributed by atoms with Gasteiger partial charge in [-0.25, -0.2) is 9.48 Å². The molecule has 0 saturated carbocycles. The highest BCUT2D eigenvalue weighted by Crippen LogP contribution is 2.13. The van der Waals surface area contributed by atoms with E-state index >= 15 is 0 Å². The van der Waals surface area contributed by atoms with Gasteiger partial charge >= 0.3 is 5.69 Å². The molecule has 0 bridgehead atoms. The zero-order chi connectivity index (χ0) is 22.1. The number of amides is 2. The third kappa shape index (κ3) is 6.44. The highest BCUT2D eigenvalue weighted by atomic mass is 16.5. The van der Waals surface area contributed by atoms with Gasteiger partial charge in [-0.05, 0) is 43.5 Å². The molecule has 2 aromatic rings. The summed E-state index contributed by atoms with van der Waals surface area (Å²) in [6.45, 7) is 3.20. The third-order valence-corrected chi connectivity index (χ3v) is 5.27. The smallest absolute Gasteiger partial charge is 0.346 e. The van der Waals surface area contributed by atoms with Crippen LogP contribution in [-0.4, -0.2) is 32.8 Å². The van der Waals surface area contributed by atoms with Gasteiger partial charge < -0.3 is 4.74 Å². The molecule has 1 aromatic carbocycles. The summed E-state index contributed by atoms with van der Waals surface area (Å²) in [5, 5.41) is 4.27. The van der Waals surface area contributed by atoms with Crippen LogP contribution in [-0.2, 0) is 24.3 Å². The van der Waals surface area contributed by atoms with Crippen LogP contribution in [0.4, 0.5) is 0 Å². The molecular formula is C22H31N5O4. The number of hydrogen-bond acceptors (Lipinski definition) is 5. The number of aryl methyl sites for hydroxylation is 1. The summed E-state index contributed by atoms with van der Waals surface area (Å²) in [6.07, 6.45) is 8.26. The van der Waals surface area contributed by atoms with Crippen LogP contribution >= 0.6 is 0 Å². The molecule has 0 spiro atoms.